The van der Waals surface area contributed by atoms with Crippen molar-refractivity contribution in [2.75, 3.05) is 13.2 Å². The van der Waals surface area contributed by atoms with Gasteiger partial charge in [0.05, 0.1) is 6.61 Å². The van der Waals surface area contributed by atoms with E-state index in [1.165, 1.54) is 0 Å². The van der Waals surface area contributed by atoms with Gasteiger partial charge in [-0.1, -0.05) is 0 Å². The molecule has 0 aromatic heterocycles. The monoisotopic (exact) mass is 171 g/mol. The average molecular weight is 171 g/mol. The molecule has 0 amide bonds. The molecule has 0 bridgehead atoms. The summed E-state index contributed by atoms with van der Waals surface area (Å²) in [4.78, 5) is 13.3. The van der Waals surface area contributed by atoms with Crippen LogP contribution in [0.1, 0.15) is 27.7 Å². The molecule has 1 heterocycles. The van der Waals surface area contributed by atoms with Crippen molar-refractivity contribution in [2.24, 2.45) is 0 Å². The fourth-order valence-corrected chi connectivity index (χ4v) is 1.32. The maximum Gasteiger partial charge on any atom is 0.324 e. The van der Waals surface area contributed by atoms with Gasteiger partial charge in [0.15, 0.2) is 0 Å². The van der Waals surface area contributed by atoms with E-state index in [0.717, 1.165) is 6.54 Å². The summed E-state index contributed by atoms with van der Waals surface area (Å²) in [6.45, 7) is 9.47. The number of rotatable bonds is 2. The second-order valence-electron chi connectivity index (χ2n) is 4.09. The summed E-state index contributed by atoms with van der Waals surface area (Å²) in [6, 6.07) is 0.0185. The van der Waals surface area contributed by atoms with Crippen molar-refractivity contribution < 1.29 is 9.53 Å². The Hall–Kier alpha value is -0.570. The van der Waals surface area contributed by atoms with Crippen molar-refractivity contribution in [3.05, 3.63) is 0 Å². The molecule has 2 atom stereocenters. The fraction of sp³-hybridized carbons (Fsp3) is 0.889. The summed E-state index contributed by atoms with van der Waals surface area (Å²) in [6.07, 6.45) is 0. The number of ether oxygens (including phenoxy) is 1. The van der Waals surface area contributed by atoms with Crippen molar-refractivity contribution in [1.82, 2.24) is 4.90 Å². The van der Waals surface area contributed by atoms with Crippen LogP contribution in [0.4, 0.5) is 0 Å². The maximum atomic E-state index is 11.2. The Kier molecular flexibility index (Phi) is 2.42. The SMILES string of the molecule is CCOC(=O)C1CN1C(C)(C)C. The van der Waals surface area contributed by atoms with E-state index in [-0.39, 0.29) is 17.6 Å². The van der Waals surface area contributed by atoms with E-state index in [9.17, 15) is 4.79 Å². The van der Waals surface area contributed by atoms with Gasteiger partial charge in [-0.25, -0.2) is 0 Å². The van der Waals surface area contributed by atoms with E-state index in [0.29, 0.717) is 6.61 Å². The number of carbonyl (C=O) groups excluding carboxylic acids is 1. The second-order valence-corrected chi connectivity index (χ2v) is 4.09. The predicted octanol–water partition coefficient (Wildman–Crippen LogP) is 1.03. The highest BCUT2D eigenvalue weighted by Crippen LogP contribution is 2.29. The largest absolute Gasteiger partial charge is 0.465 e. The third kappa shape index (κ3) is 1.97. The van der Waals surface area contributed by atoms with Gasteiger partial charge in [-0.3, -0.25) is 9.69 Å². The summed E-state index contributed by atoms with van der Waals surface area (Å²) in [5.41, 5.74) is 0.0947. The molecule has 12 heavy (non-hydrogen) atoms. The van der Waals surface area contributed by atoms with E-state index in [1.54, 1.807) is 0 Å². The van der Waals surface area contributed by atoms with Crippen LogP contribution in [0.2, 0.25) is 0 Å². The van der Waals surface area contributed by atoms with Crippen LogP contribution in [0.25, 0.3) is 0 Å². The quantitative estimate of drug-likeness (QED) is 0.459. The number of carbonyl (C=O) groups is 1. The highest BCUT2D eigenvalue weighted by molar-refractivity contribution is 5.79. The zero-order valence-electron chi connectivity index (χ0n) is 8.26. The first kappa shape index (κ1) is 9.52. The standard InChI is InChI=1S/C9H17NO2/c1-5-12-8(11)7-6-10(7)9(2,3)4/h7H,5-6H2,1-4H3. The van der Waals surface area contributed by atoms with Crippen molar-refractivity contribution >= 4 is 5.97 Å². The molecule has 0 N–H and O–H groups in total. The van der Waals surface area contributed by atoms with Crippen LogP contribution in [0.15, 0.2) is 0 Å². The summed E-state index contributed by atoms with van der Waals surface area (Å²) >= 11 is 0. The summed E-state index contributed by atoms with van der Waals surface area (Å²) in [5, 5.41) is 0. The molecule has 0 aromatic carbocycles. The minimum absolute atomic E-state index is 0.0185. The van der Waals surface area contributed by atoms with Crippen molar-refractivity contribution in [3.8, 4) is 0 Å². The van der Waals surface area contributed by atoms with Crippen LogP contribution >= 0.6 is 0 Å². The van der Waals surface area contributed by atoms with Gasteiger partial charge >= 0.3 is 5.97 Å². The van der Waals surface area contributed by atoms with Crippen LogP contribution in [-0.4, -0.2) is 35.6 Å². The summed E-state index contributed by atoms with van der Waals surface area (Å²) in [5.74, 6) is -0.0765. The molecular formula is C9H17NO2. The zero-order valence-corrected chi connectivity index (χ0v) is 8.26. The number of hydrogen-bond donors (Lipinski definition) is 0. The third-order valence-corrected chi connectivity index (χ3v) is 2.03. The maximum absolute atomic E-state index is 11.2. The lowest BCUT2D eigenvalue weighted by Crippen LogP contribution is -2.30. The van der Waals surface area contributed by atoms with Gasteiger partial charge in [0.2, 0.25) is 0 Å². The molecule has 0 aliphatic carbocycles. The second kappa shape index (κ2) is 3.05. The van der Waals surface area contributed by atoms with Gasteiger partial charge in [0, 0.05) is 12.1 Å². The Morgan fingerprint density at radius 3 is 2.50 bits per heavy atom. The molecule has 1 aliphatic heterocycles. The molecule has 0 aromatic rings. The van der Waals surface area contributed by atoms with E-state index in [1.807, 2.05) is 6.92 Å². The van der Waals surface area contributed by atoms with Gasteiger partial charge in [0.1, 0.15) is 6.04 Å². The lowest BCUT2D eigenvalue weighted by molar-refractivity contribution is -0.143. The smallest absolute Gasteiger partial charge is 0.324 e. The first-order valence-electron chi connectivity index (χ1n) is 4.40. The summed E-state index contributed by atoms with van der Waals surface area (Å²) in [7, 11) is 0. The third-order valence-electron chi connectivity index (χ3n) is 2.03. The normalized spacial score (nSPS) is 28.3. The van der Waals surface area contributed by atoms with Gasteiger partial charge in [-0.15, -0.1) is 0 Å². The number of nitrogens with zero attached hydrogens (tertiary/aromatic N) is 1. The molecule has 0 saturated carbocycles. The molecule has 1 saturated heterocycles. The molecular weight excluding hydrogens is 154 g/mol. The van der Waals surface area contributed by atoms with Gasteiger partial charge in [0.25, 0.3) is 0 Å². The van der Waals surface area contributed by atoms with Crippen LogP contribution in [0.3, 0.4) is 0 Å². The van der Waals surface area contributed by atoms with Crippen molar-refractivity contribution in [3.63, 3.8) is 0 Å². The zero-order chi connectivity index (χ0) is 9.35. The first-order chi connectivity index (χ1) is 5.46. The molecule has 0 radical (unpaired) electrons. The Bertz CT molecular complexity index is 183. The van der Waals surface area contributed by atoms with E-state index < -0.39 is 0 Å². The van der Waals surface area contributed by atoms with Crippen LogP contribution in [0.5, 0.6) is 0 Å². The van der Waals surface area contributed by atoms with E-state index in [4.69, 9.17) is 4.74 Å². The average Bonchev–Trinajstić information content (AvgIpc) is 2.62. The van der Waals surface area contributed by atoms with Crippen molar-refractivity contribution in [1.29, 1.82) is 0 Å². The number of esters is 1. The topological polar surface area (TPSA) is 29.3 Å². The Balaban J connectivity index is 2.37. The molecule has 0 spiro atoms. The minimum atomic E-state index is -0.0765. The predicted molar refractivity (Wildman–Crippen MR) is 46.9 cm³/mol. The van der Waals surface area contributed by atoms with E-state index in [2.05, 4.69) is 25.7 Å². The minimum Gasteiger partial charge on any atom is -0.465 e. The Morgan fingerprint density at radius 1 is 1.58 bits per heavy atom. The highest BCUT2D eigenvalue weighted by Gasteiger charge is 2.47. The highest BCUT2D eigenvalue weighted by atomic mass is 16.5. The Labute approximate surface area is 73.7 Å². The molecule has 3 heteroatoms. The van der Waals surface area contributed by atoms with Crippen LogP contribution in [0, 0.1) is 0 Å². The summed E-state index contributed by atoms with van der Waals surface area (Å²) < 4.78 is 4.91. The number of hydrogen-bond acceptors (Lipinski definition) is 3. The molecule has 1 aliphatic rings. The van der Waals surface area contributed by atoms with Gasteiger partial charge in [-0.05, 0) is 27.7 Å². The molecule has 3 nitrogen and oxygen atoms in total. The van der Waals surface area contributed by atoms with Crippen LogP contribution < -0.4 is 0 Å². The molecule has 1 rings (SSSR count). The van der Waals surface area contributed by atoms with Gasteiger partial charge in [-0.2, -0.15) is 0 Å². The lowest BCUT2D eigenvalue weighted by Gasteiger charge is -2.20. The lowest BCUT2D eigenvalue weighted by atomic mass is 10.1. The van der Waals surface area contributed by atoms with Gasteiger partial charge < -0.3 is 4.74 Å². The molecule has 70 valence electrons. The van der Waals surface area contributed by atoms with E-state index >= 15 is 0 Å². The van der Waals surface area contributed by atoms with Crippen LogP contribution in [-0.2, 0) is 9.53 Å². The van der Waals surface area contributed by atoms with Crippen molar-refractivity contribution in [2.45, 2.75) is 39.3 Å². The Morgan fingerprint density at radius 2 is 2.17 bits per heavy atom. The molecule has 1 fully saturated rings. The first-order valence-corrected chi connectivity index (χ1v) is 4.40. The fourth-order valence-electron chi connectivity index (χ4n) is 1.32. The molecule has 2 unspecified atom stereocenters.